The lowest BCUT2D eigenvalue weighted by atomic mass is 9.43. The van der Waals surface area contributed by atoms with Gasteiger partial charge in [-0.1, -0.05) is 107 Å². The number of aromatic nitrogens is 6. The number of fused-ring (bicyclic) bond motifs is 2. The molecule has 22 nitrogen and oxygen atoms in total. The number of rotatable bonds is 17. The van der Waals surface area contributed by atoms with E-state index in [-0.39, 0.29) is 75.9 Å². The van der Waals surface area contributed by atoms with E-state index in [0.717, 1.165) is 30.2 Å². The van der Waals surface area contributed by atoms with Crippen LogP contribution in [-0.4, -0.2) is 124 Å². The van der Waals surface area contributed by atoms with Gasteiger partial charge >= 0.3 is 32.1 Å². The van der Waals surface area contributed by atoms with Crippen LogP contribution in [0.3, 0.4) is 0 Å². The first kappa shape index (κ1) is 56.1. The maximum atomic E-state index is 13.3. The van der Waals surface area contributed by atoms with Crippen molar-refractivity contribution < 1.29 is 62.6 Å². The summed E-state index contributed by atoms with van der Waals surface area (Å²) in [6.07, 6.45) is 3.33. The standard InChI is InChI=1S/C27H34BN3O6S2.C14H14BN3O5S2.C4H5N3O2S2/c1-25(2)15-10-19(25)27(5)20(11-15)36-28(37-27)16(12-17(32)13-38-24-31-30-23(29)39-24)9-14-7-6-8-18-21(14)34-26(3,4)35-22(18)33;16-13-17-18-14(25-13)24-6-9(19)5-8-4-7-2-1-3-10(12(20)21)11(7)23-15(8)22;5-3-6-7-4(11-3)10-1-2(8)9/h6-8,15-16,19-20H,9-13H2,1-5H3,(H2,29,30);1-3,8,22H,4-6H2,(H2,16,17)(H,20,21);1H2,(H2,5,6)(H,8,9)/t15-,16+,19-,20?,27-;8-;/m01./s1. The first-order valence-corrected chi connectivity index (χ1v) is 28.9. The fourth-order valence-electron chi connectivity index (χ4n) is 9.99. The van der Waals surface area contributed by atoms with Crippen LogP contribution in [0.2, 0.25) is 11.6 Å². The van der Waals surface area contributed by atoms with E-state index in [0.29, 0.717) is 70.0 Å². The highest BCUT2D eigenvalue weighted by molar-refractivity contribution is 8.02. The molecular weight excluding hydrogens is 1090 g/mol. The molecule has 1 saturated heterocycles. The lowest BCUT2D eigenvalue weighted by Gasteiger charge is -2.64. The number of carboxylic acids is 2. The van der Waals surface area contributed by atoms with Gasteiger partial charge in [-0.25, -0.2) is 9.59 Å². The van der Waals surface area contributed by atoms with E-state index in [2.05, 4.69) is 51.4 Å². The van der Waals surface area contributed by atoms with Crippen molar-refractivity contribution in [3.63, 3.8) is 0 Å². The molecule has 3 aromatic heterocycles. The third-order valence-corrected chi connectivity index (χ3v) is 19.3. The Kier molecular flexibility index (Phi) is 17.4. The average Bonchev–Trinajstić information content (AvgIpc) is 4.16. The molecule has 0 spiro atoms. The number of ether oxygens (including phenoxy) is 2. The number of anilines is 3. The van der Waals surface area contributed by atoms with Gasteiger partial charge in [-0.15, -0.1) is 30.6 Å². The number of nitrogen functional groups attached to an aromatic ring is 3. The topological polar surface area (TPSA) is 348 Å². The van der Waals surface area contributed by atoms with Gasteiger partial charge < -0.3 is 55.9 Å². The number of esters is 1. The summed E-state index contributed by atoms with van der Waals surface area (Å²) < 4.78 is 32.2. The van der Waals surface area contributed by atoms with Crippen molar-refractivity contribution >= 4 is 128 Å². The molecule has 1 unspecified atom stereocenters. The van der Waals surface area contributed by atoms with Crippen LogP contribution < -0.4 is 26.6 Å². The summed E-state index contributed by atoms with van der Waals surface area (Å²) in [6, 6.07) is 10.2. The minimum absolute atomic E-state index is 0.00506. The first-order chi connectivity index (χ1) is 35.5. The molecule has 9 N–H and O–H groups in total. The molecule has 6 heterocycles. The van der Waals surface area contributed by atoms with Crippen LogP contribution in [0.1, 0.15) is 92.1 Å². The lowest BCUT2D eigenvalue weighted by molar-refractivity contribution is -0.199. The fraction of sp³-hybridized carbons (Fsp3) is 0.489. The van der Waals surface area contributed by atoms with Gasteiger partial charge in [0, 0.05) is 38.3 Å². The van der Waals surface area contributed by atoms with E-state index in [9.17, 15) is 34.1 Å². The van der Waals surface area contributed by atoms with Crippen LogP contribution >= 0.6 is 69.3 Å². The Balaban J connectivity index is 0.000000176. The number of nitrogens with zero attached hydrogens (tertiary/aromatic N) is 6. The molecule has 3 aliphatic heterocycles. The van der Waals surface area contributed by atoms with Crippen molar-refractivity contribution in [3.05, 3.63) is 58.7 Å². The van der Waals surface area contributed by atoms with E-state index < -0.39 is 43.7 Å². The number of ketones is 2. The van der Waals surface area contributed by atoms with E-state index in [1.807, 2.05) is 12.1 Å². The van der Waals surface area contributed by atoms with E-state index >= 15 is 0 Å². The molecule has 2 bridgehead atoms. The number of Topliss-reactive ketones (excluding diaryl/α,β-unsaturated/α-hetero) is 2. The number of para-hydroxylation sites is 2. The molecule has 5 aromatic rings. The number of hydrogen-bond donors (Lipinski definition) is 6. The summed E-state index contributed by atoms with van der Waals surface area (Å²) in [6.45, 7) is 10.3. The van der Waals surface area contributed by atoms with Crippen molar-refractivity contribution in [3.8, 4) is 11.5 Å². The molecule has 30 heteroatoms. The lowest BCUT2D eigenvalue weighted by Crippen LogP contribution is -2.65. The van der Waals surface area contributed by atoms with Gasteiger partial charge in [0.25, 0.3) is 0 Å². The van der Waals surface area contributed by atoms with Crippen molar-refractivity contribution in [2.24, 2.45) is 17.3 Å². The van der Waals surface area contributed by atoms with Gasteiger partial charge in [0.05, 0.1) is 34.5 Å². The maximum Gasteiger partial charge on any atom is 0.526 e. The second-order valence-electron chi connectivity index (χ2n) is 19.5. The SMILES string of the molecule is CC1(C)OC(=O)c2cccc(C[C@H](CC(=O)CSc3nnc(N)s3)B3OC4C[C@@H]5C[C@@H](C5(C)C)[C@]4(C)O3)c2O1.Nc1nnc(SCC(=O)C[C@H]2Cc3cccc(C(=O)O)c3OB2O)s1.Nc1nnc(SCC(=O)O)s1. The minimum atomic E-state index is -1.22. The van der Waals surface area contributed by atoms with Crippen molar-refractivity contribution in [2.75, 3.05) is 34.5 Å². The monoisotopic (exact) mass is 1140 g/mol. The van der Waals surface area contributed by atoms with Crippen LogP contribution in [0, 0.1) is 17.3 Å². The van der Waals surface area contributed by atoms with E-state index in [1.165, 1.54) is 63.6 Å². The summed E-state index contributed by atoms with van der Waals surface area (Å²) in [5.74, 6) is -2.05. The highest BCUT2D eigenvalue weighted by atomic mass is 32.2. The van der Waals surface area contributed by atoms with Gasteiger partial charge in [-0.3, -0.25) is 14.4 Å². The van der Waals surface area contributed by atoms with E-state index in [4.69, 9.17) is 45.7 Å². The summed E-state index contributed by atoms with van der Waals surface area (Å²) in [5.41, 5.74) is 18.2. The Morgan fingerprint density at radius 2 is 1.39 bits per heavy atom. The van der Waals surface area contributed by atoms with Gasteiger partial charge in [-0.05, 0) is 73.1 Å². The smallest absolute Gasteiger partial charge is 0.526 e. The Labute approximate surface area is 456 Å². The second kappa shape index (κ2) is 23.3. The molecule has 0 amide bonds. The number of nitrogens with two attached hydrogens (primary N) is 3. The number of benzene rings is 2. The maximum absolute atomic E-state index is 13.3. The zero-order valence-corrected chi connectivity index (χ0v) is 46.1. The molecular formula is C45H53B2N9O13S6. The minimum Gasteiger partial charge on any atom is -0.535 e. The largest absolute Gasteiger partial charge is 0.535 e. The third kappa shape index (κ3) is 13.4. The number of carbonyl (C=O) groups excluding carboxylic acids is 3. The first-order valence-electron chi connectivity index (χ1n) is 23.5. The number of carboxylic acid groups (broad SMARTS) is 2. The van der Waals surface area contributed by atoms with Crippen molar-refractivity contribution in [1.29, 1.82) is 0 Å². The van der Waals surface area contributed by atoms with Gasteiger partial charge in [0.2, 0.25) is 21.2 Å². The third-order valence-electron chi connectivity index (χ3n) is 13.6. The Morgan fingerprint density at radius 3 is 1.96 bits per heavy atom. The number of hydrogen-bond acceptors (Lipinski definition) is 26. The summed E-state index contributed by atoms with van der Waals surface area (Å²) in [5, 5.41) is 51.2. The van der Waals surface area contributed by atoms with Crippen molar-refractivity contribution in [1.82, 2.24) is 30.6 Å². The number of aliphatic carboxylic acids is 1. The van der Waals surface area contributed by atoms with Gasteiger partial charge in [0.15, 0.2) is 13.0 Å². The van der Waals surface area contributed by atoms with E-state index in [1.54, 1.807) is 32.0 Å². The number of carbonyl (C=O) groups is 5. The summed E-state index contributed by atoms with van der Waals surface area (Å²) >= 11 is 7.36. The molecule has 6 atom stereocenters. The second-order valence-corrected chi connectivity index (χ2v) is 26.2. The molecule has 3 aliphatic carbocycles. The summed E-state index contributed by atoms with van der Waals surface area (Å²) in [7, 11) is -1.76. The number of thioether (sulfide) groups is 3. The zero-order chi connectivity index (χ0) is 54.0. The highest BCUT2D eigenvalue weighted by Crippen LogP contribution is 2.66. The molecule has 6 aliphatic rings. The fourth-order valence-corrected chi connectivity index (χ4v) is 14.4. The Bertz CT molecular complexity index is 2950. The molecule has 4 fully saturated rings. The summed E-state index contributed by atoms with van der Waals surface area (Å²) in [4.78, 5) is 59.4. The van der Waals surface area contributed by atoms with Gasteiger partial charge in [0.1, 0.15) is 28.6 Å². The van der Waals surface area contributed by atoms with Crippen LogP contribution in [-0.2, 0) is 41.3 Å². The van der Waals surface area contributed by atoms with Crippen LogP contribution in [0.4, 0.5) is 15.4 Å². The highest BCUT2D eigenvalue weighted by Gasteiger charge is 2.68. The average molecular weight is 1140 g/mol. The van der Waals surface area contributed by atoms with Crippen LogP contribution in [0.5, 0.6) is 11.5 Å². The normalized spacial score (nSPS) is 22.7. The molecule has 75 heavy (non-hydrogen) atoms. The number of cyclic esters (lactones) is 1. The molecule has 11 rings (SSSR count). The molecule has 0 radical (unpaired) electrons. The predicted molar refractivity (Wildman–Crippen MR) is 286 cm³/mol. The van der Waals surface area contributed by atoms with Crippen molar-refractivity contribution in [2.45, 2.75) is 115 Å². The Morgan fingerprint density at radius 1 is 0.787 bits per heavy atom. The number of aromatic carboxylic acids is 1. The predicted octanol–water partition coefficient (Wildman–Crippen LogP) is 6.45. The molecule has 2 aromatic carbocycles. The zero-order valence-electron chi connectivity index (χ0n) is 41.2. The van der Waals surface area contributed by atoms with Crippen LogP contribution in [0.15, 0.2) is 49.4 Å². The Hall–Kier alpha value is -5.07. The molecule has 398 valence electrons. The van der Waals surface area contributed by atoms with Gasteiger partial charge in [-0.2, -0.15) is 0 Å². The quantitative estimate of drug-likeness (QED) is 0.0331. The van der Waals surface area contributed by atoms with Crippen LogP contribution in [0.25, 0.3) is 0 Å². The molecule has 3 saturated carbocycles.